The van der Waals surface area contributed by atoms with Gasteiger partial charge >= 0.3 is 0 Å². The Labute approximate surface area is 148 Å². The van der Waals surface area contributed by atoms with Gasteiger partial charge in [-0.25, -0.2) is 13.1 Å². The molecule has 0 unspecified atom stereocenters. The monoisotopic (exact) mass is 370 g/mol. The van der Waals surface area contributed by atoms with Gasteiger partial charge in [0.2, 0.25) is 15.9 Å². The van der Waals surface area contributed by atoms with Gasteiger partial charge in [-0.3, -0.25) is 4.79 Å². The summed E-state index contributed by atoms with van der Waals surface area (Å²) < 4.78 is 26.8. The predicted molar refractivity (Wildman–Crippen MR) is 101 cm³/mol. The van der Waals surface area contributed by atoms with E-state index in [1.54, 1.807) is 25.2 Å². The van der Waals surface area contributed by atoms with E-state index < -0.39 is 15.3 Å². The molecular weight excluding hydrogens is 344 g/mol. The van der Waals surface area contributed by atoms with Crippen LogP contribution < -0.4 is 19.8 Å². The minimum Gasteiger partial charge on any atom is -0.327 e. The summed E-state index contributed by atoms with van der Waals surface area (Å²) in [5.41, 5.74) is 0.557. The van der Waals surface area contributed by atoms with E-state index in [4.69, 9.17) is 0 Å². The molecule has 1 rings (SSSR count). The third kappa shape index (κ3) is 6.98. The molecule has 0 aromatic carbocycles. The van der Waals surface area contributed by atoms with Crippen molar-refractivity contribution < 1.29 is 13.2 Å². The number of carbonyl (C=O) groups is 1. The average molecular weight is 371 g/mol. The lowest BCUT2D eigenvalue weighted by Crippen LogP contribution is -2.31. The van der Waals surface area contributed by atoms with Crippen LogP contribution in [0.5, 0.6) is 0 Å². The first-order valence-electron chi connectivity index (χ1n) is 7.95. The summed E-state index contributed by atoms with van der Waals surface area (Å²) >= 11 is 1.64. The molecule has 2 N–H and O–H groups in total. The number of hydrogen-bond acceptors (Lipinski definition) is 4. The Morgan fingerprint density at radius 3 is 2.71 bits per heavy atom. The van der Waals surface area contributed by atoms with E-state index >= 15 is 0 Å². The summed E-state index contributed by atoms with van der Waals surface area (Å²) in [5, 5.41) is 5.35. The van der Waals surface area contributed by atoms with E-state index in [9.17, 15) is 13.2 Å². The molecule has 0 radical (unpaired) electrons. The van der Waals surface area contributed by atoms with Crippen LogP contribution in [-0.4, -0.2) is 26.1 Å². The number of allylic oxidation sites excluding steroid dienone is 1. The number of rotatable bonds is 9. The molecule has 0 spiro atoms. The first-order valence-corrected chi connectivity index (χ1v) is 10.4. The Morgan fingerprint density at radius 2 is 2.08 bits per heavy atom. The number of carbonyl (C=O) groups excluding carboxylic acids is 1. The molecule has 1 heterocycles. The second-order valence-corrected chi connectivity index (χ2v) is 8.96. The second kappa shape index (κ2) is 9.76. The van der Waals surface area contributed by atoms with Gasteiger partial charge in [-0.1, -0.05) is 12.7 Å². The van der Waals surface area contributed by atoms with Crippen LogP contribution in [-0.2, 0) is 14.8 Å². The molecule has 24 heavy (non-hydrogen) atoms. The van der Waals surface area contributed by atoms with Crippen LogP contribution in [0.2, 0.25) is 0 Å². The van der Waals surface area contributed by atoms with Gasteiger partial charge in [-0.15, -0.1) is 11.3 Å². The van der Waals surface area contributed by atoms with Crippen LogP contribution >= 0.6 is 11.3 Å². The van der Waals surface area contributed by atoms with Crippen molar-refractivity contribution in [3.63, 3.8) is 0 Å². The molecular formula is C17H26N2O3S2. The molecule has 0 atom stereocenters. The smallest absolute Gasteiger partial charge is 0.224 e. The number of hydrogen-bond donors (Lipinski definition) is 2. The first-order chi connectivity index (χ1) is 11.3. The highest BCUT2D eigenvalue weighted by Crippen LogP contribution is 2.00. The quantitative estimate of drug-likeness (QED) is 0.646. The van der Waals surface area contributed by atoms with Gasteiger partial charge in [0, 0.05) is 23.2 Å². The van der Waals surface area contributed by atoms with Crippen molar-refractivity contribution in [1.29, 1.82) is 0 Å². The van der Waals surface area contributed by atoms with Gasteiger partial charge in [0.15, 0.2) is 0 Å². The summed E-state index contributed by atoms with van der Waals surface area (Å²) in [7, 11) is -3.23. The maximum absolute atomic E-state index is 11.9. The van der Waals surface area contributed by atoms with E-state index in [1.807, 2.05) is 30.5 Å². The van der Waals surface area contributed by atoms with Gasteiger partial charge in [-0.05, 0) is 56.4 Å². The standard InChI is InChI=1S/C17H26N2O3S2/c1-5-16-15(9-11-23-16)12-14(4)19-17(20)8-6-7-10-18-24(21,22)13(2)3/h5,9,11-13,18H,4,6-8,10H2,1-3H3,(H,19,20)/b15-12-,16-5+. The fourth-order valence-electron chi connectivity index (χ4n) is 1.94. The molecule has 0 aliphatic heterocycles. The lowest BCUT2D eigenvalue weighted by atomic mass is 10.2. The summed E-state index contributed by atoms with van der Waals surface area (Å²) in [6.45, 7) is 9.44. The van der Waals surface area contributed by atoms with Gasteiger partial charge in [0.1, 0.15) is 0 Å². The number of thiophene rings is 1. The molecule has 1 aromatic heterocycles. The fraction of sp³-hybridized carbons (Fsp3) is 0.471. The van der Waals surface area contributed by atoms with E-state index in [0.29, 0.717) is 31.5 Å². The Bertz CT molecular complexity index is 777. The maximum Gasteiger partial charge on any atom is 0.224 e. The summed E-state index contributed by atoms with van der Waals surface area (Å²) in [6, 6.07) is 1.98. The molecule has 1 aromatic rings. The molecule has 0 bridgehead atoms. The predicted octanol–water partition coefficient (Wildman–Crippen LogP) is 1.46. The first kappa shape index (κ1) is 20.6. The van der Waals surface area contributed by atoms with Gasteiger partial charge in [0.25, 0.3) is 0 Å². The molecule has 7 heteroatoms. The molecule has 0 aliphatic rings. The van der Waals surface area contributed by atoms with Crippen LogP contribution in [0.1, 0.15) is 40.0 Å². The van der Waals surface area contributed by atoms with Crippen LogP contribution in [0.4, 0.5) is 0 Å². The molecule has 0 saturated carbocycles. The minimum atomic E-state index is -3.23. The Morgan fingerprint density at radius 1 is 1.38 bits per heavy atom. The van der Waals surface area contributed by atoms with E-state index in [1.165, 1.54) is 0 Å². The topological polar surface area (TPSA) is 75.3 Å². The zero-order valence-corrected chi connectivity index (χ0v) is 16.1. The molecule has 5 nitrogen and oxygen atoms in total. The SMILES string of the molecule is C=C(/C=c1/ccs/c1=C/C)NC(=O)CCCCNS(=O)(=O)C(C)C. The Hall–Kier alpha value is -1.44. The maximum atomic E-state index is 11.9. The molecule has 0 saturated heterocycles. The van der Waals surface area contributed by atoms with Gasteiger partial charge < -0.3 is 5.32 Å². The van der Waals surface area contributed by atoms with Crippen LogP contribution in [0.3, 0.4) is 0 Å². The van der Waals surface area contributed by atoms with E-state index in [-0.39, 0.29) is 5.91 Å². The van der Waals surface area contributed by atoms with Gasteiger partial charge in [-0.2, -0.15) is 0 Å². The third-order valence-electron chi connectivity index (χ3n) is 3.37. The normalized spacial score (nSPS) is 13.5. The van der Waals surface area contributed by atoms with Crippen molar-refractivity contribution >= 4 is 39.4 Å². The largest absolute Gasteiger partial charge is 0.327 e. The Kier molecular flexibility index (Phi) is 8.38. The molecule has 134 valence electrons. The van der Waals surface area contributed by atoms with Crippen molar-refractivity contribution in [2.45, 2.75) is 45.3 Å². The van der Waals surface area contributed by atoms with Crippen molar-refractivity contribution in [2.75, 3.05) is 6.54 Å². The summed E-state index contributed by atoms with van der Waals surface area (Å²) in [5.74, 6) is -0.111. The minimum absolute atomic E-state index is 0.111. The molecule has 1 amide bonds. The highest BCUT2D eigenvalue weighted by molar-refractivity contribution is 7.90. The second-order valence-electron chi connectivity index (χ2n) is 5.69. The number of nitrogens with one attached hydrogen (secondary N) is 2. The number of sulfonamides is 1. The fourth-order valence-corrected chi connectivity index (χ4v) is 3.46. The van der Waals surface area contributed by atoms with Crippen LogP contribution in [0.25, 0.3) is 12.2 Å². The van der Waals surface area contributed by atoms with E-state index in [0.717, 1.165) is 9.75 Å². The van der Waals surface area contributed by atoms with Crippen LogP contribution in [0, 0.1) is 0 Å². The lowest BCUT2D eigenvalue weighted by molar-refractivity contribution is -0.120. The van der Waals surface area contributed by atoms with E-state index in [2.05, 4.69) is 16.6 Å². The third-order valence-corrected chi connectivity index (χ3v) is 6.22. The average Bonchev–Trinajstić information content (AvgIpc) is 2.93. The zero-order chi connectivity index (χ0) is 18.2. The molecule has 0 fully saturated rings. The van der Waals surface area contributed by atoms with Crippen molar-refractivity contribution in [1.82, 2.24) is 10.0 Å². The summed E-state index contributed by atoms with van der Waals surface area (Å²) in [6.07, 6.45) is 5.44. The number of amides is 1. The van der Waals surface area contributed by atoms with Crippen molar-refractivity contribution in [3.8, 4) is 0 Å². The zero-order valence-electron chi connectivity index (χ0n) is 14.5. The molecule has 0 aliphatic carbocycles. The highest BCUT2D eigenvalue weighted by atomic mass is 32.2. The van der Waals surface area contributed by atoms with Crippen molar-refractivity contribution in [3.05, 3.63) is 33.5 Å². The highest BCUT2D eigenvalue weighted by Gasteiger charge is 2.14. The van der Waals surface area contributed by atoms with Gasteiger partial charge in [0.05, 0.1) is 5.25 Å². The summed E-state index contributed by atoms with van der Waals surface area (Å²) in [4.78, 5) is 11.9. The number of unbranched alkanes of at least 4 members (excludes halogenated alkanes) is 1. The van der Waals surface area contributed by atoms with Crippen LogP contribution in [0.15, 0.2) is 23.7 Å². The Balaban J connectivity index is 2.35. The lowest BCUT2D eigenvalue weighted by Gasteiger charge is -2.09. The van der Waals surface area contributed by atoms with Crippen molar-refractivity contribution in [2.24, 2.45) is 0 Å².